The number of hydrogen-bond acceptors (Lipinski definition) is 2. The third-order valence-electron chi connectivity index (χ3n) is 2.20. The summed E-state index contributed by atoms with van der Waals surface area (Å²) >= 11 is 2.08. The van der Waals surface area contributed by atoms with Crippen molar-refractivity contribution < 1.29 is 4.74 Å². The van der Waals surface area contributed by atoms with Crippen molar-refractivity contribution in [1.29, 1.82) is 0 Å². The van der Waals surface area contributed by atoms with E-state index in [9.17, 15) is 0 Å². The molecule has 9 heavy (non-hydrogen) atoms. The molecule has 2 saturated heterocycles. The molecule has 2 atom stereocenters. The van der Waals surface area contributed by atoms with Crippen LogP contribution in [0.5, 0.6) is 0 Å². The Balaban J connectivity index is 1.90. The van der Waals surface area contributed by atoms with Crippen LogP contribution in [0.1, 0.15) is 12.8 Å². The van der Waals surface area contributed by atoms with Crippen molar-refractivity contribution in [3.63, 3.8) is 0 Å². The molecule has 2 rings (SSSR count). The minimum absolute atomic E-state index is 0.868. The van der Waals surface area contributed by atoms with Crippen LogP contribution in [0.15, 0.2) is 0 Å². The van der Waals surface area contributed by atoms with E-state index in [1.165, 1.54) is 18.6 Å². The van der Waals surface area contributed by atoms with Gasteiger partial charge in [0, 0.05) is 11.9 Å². The smallest absolute Gasteiger partial charge is 0.0587 e. The molecular weight excluding hydrogens is 132 g/mol. The Hall–Kier alpha value is 0.310. The van der Waals surface area contributed by atoms with Gasteiger partial charge in [0.1, 0.15) is 0 Å². The van der Waals surface area contributed by atoms with Crippen molar-refractivity contribution in [3.05, 3.63) is 0 Å². The fourth-order valence-corrected chi connectivity index (χ4v) is 2.70. The van der Waals surface area contributed by atoms with Gasteiger partial charge in [-0.25, -0.2) is 0 Å². The molecule has 0 spiro atoms. The molecule has 0 aromatic heterocycles. The largest absolute Gasteiger partial charge is 0.380 e. The van der Waals surface area contributed by atoms with Crippen LogP contribution >= 0.6 is 11.8 Å². The SMILES string of the molecule is C1COCC2SCC2C1. The van der Waals surface area contributed by atoms with Crippen molar-refractivity contribution in [2.24, 2.45) is 5.92 Å². The van der Waals surface area contributed by atoms with E-state index in [1.807, 2.05) is 0 Å². The zero-order chi connectivity index (χ0) is 6.10. The van der Waals surface area contributed by atoms with Crippen molar-refractivity contribution in [2.75, 3.05) is 19.0 Å². The highest BCUT2D eigenvalue weighted by molar-refractivity contribution is 8.01. The van der Waals surface area contributed by atoms with Gasteiger partial charge in [-0.15, -0.1) is 0 Å². The third-order valence-corrected chi connectivity index (χ3v) is 3.77. The molecule has 2 fully saturated rings. The molecule has 1 nitrogen and oxygen atoms in total. The Kier molecular flexibility index (Phi) is 1.68. The Morgan fingerprint density at radius 1 is 1.44 bits per heavy atom. The Morgan fingerprint density at radius 2 is 2.44 bits per heavy atom. The molecule has 0 aliphatic carbocycles. The summed E-state index contributed by atoms with van der Waals surface area (Å²) in [5.74, 6) is 2.41. The van der Waals surface area contributed by atoms with Gasteiger partial charge < -0.3 is 4.74 Å². The zero-order valence-corrected chi connectivity index (χ0v) is 6.32. The molecule has 2 heteroatoms. The van der Waals surface area contributed by atoms with Gasteiger partial charge in [-0.1, -0.05) is 0 Å². The Labute approximate surface area is 60.2 Å². The minimum Gasteiger partial charge on any atom is -0.380 e. The Bertz CT molecular complexity index is 93.1. The number of ether oxygens (including phenoxy) is 1. The van der Waals surface area contributed by atoms with E-state index in [4.69, 9.17) is 4.74 Å². The van der Waals surface area contributed by atoms with Gasteiger partial charge >= 0.3 is 0 Å². The van der Waals surface area contributed by atoms with E-state index < -0.39 is 0 Å². The lowest BCUT2D eigenvalue weighted by molar-refractivity contribution is 0.143. The van der Waals surface area contributed by atoms with E-state index in [2.05, 4.69) is 11.8 Å². The summed E-state index contributed by atoms with van der Waals surface area (Å²) in [4.78, 5) is 0. The first kappa shape index (κ1) is 6.05. The molecule has 2 aliphatic heterocycles. The second kappa shape index (κ2) is 2.51. The van der Waals surface area contributed by atoms with Crippen LogP contribution in [0.3, 0.4) is 0 Å². The predicted octanol–water partition coefficient (Wildman–Crippen LogP) is 1.53. The van der Waals surface area contributed by atoms with Crippen LogP contribution in [0.25, 0.3) is 0 Å². The van der Waals surface area contributed by atoms with Gasteiger partial charge in [-0.3, -0.25) is 0 Å². The highest BCUT2D eigenvalue weighted by atomic mass is 32.2. The number of fused-ring (bicyclic) bond motifs is 1. The van der Waals surface area contributed by atoms with E-state index in [0.717, 1.165) is 24.4 Å². The van der Waals surface area contributed by atoms with E-state index in [-0.39, 0.29) is 0 Å². The number of rotatable bonds is 0. The first-order chi connectivity index (χ1) is 4.47. The van der Waals surface area contributed by atoms with Crippen LogP contribution in [-0.2, 0) is 4.74 Å². The highest BCUT2D eigenvalue weighted by Crippen LogP contribution is 2.38. The molecule has 2 aliphatic rings. The summed E-state index contributed by atoms with van der Waals surface area (Å²) < 4.78 is 5.41. The zero-order valence-electron chi connectivity index (χ0n) is 5.51. The summed E-state index contributed by atoms with van der Waals surface area (Å²) in [6.45, 7) is 2.03. The van der Waals surface area contributed by atoms with Crippen LogP contribution in [0.4, 0.5) is 0 Å². The van der Waals surface area contributed by atoms with Crippen LogP contribution in [0, 0.1) is 5.92 Å². The van der Waals surface area contributed by atoms with Crippen LogP contribution < -0.4 is 0 Å². The van der Waals surface area contributed by atoms with Crippen molar-refractivity contribution in [1.82, 2.24) is 0 Å². The standard InChI is InChI=1S/C7H12OS/c1-2-6-5-9-7(6)4-8-3-1/h6-7H,1-5H2. The number of hydrogen-bond donors (Lipinski definition) is 0. The first-order valence-electron chi connectivity index (χ1n) is 3.66. The molecule has 0 bridgehead atoms. The maximum atomic E-state index is 5.41. The first-order valence-corrected chi connectivity index (χ1v) is 4.71. The average molecular weight is 144 g/mol. The fraction of sp³-hybridized carbons (Fsp3) is 1.00. The number of thioether (sulfide) groups is 1. The van der Waals surface area contributed by atoms with Crippen LogP contribution in [-0.4, -0.2) is 24.2 Å². The van der Waals surface area contributed by atoms with E-state index >= 15 is 0 Å². The monoisotopic (exact) mass is 144 g/mol. The van der Waals surface area contributed by atoms with Gasteiger partial charge in [0.05, 0.1) is 6.61 Å². The molecule has 52 valence electrons. The fourth-order valence-electron chi connectivity index (χ4n) is 1.47. The average Bonchev–Trinajstić information content (AvgIpc) is 1.94. The van der Waals surface area contributed by atoms with Gasteiger partial charge in [-0.05, 0) is 24.5 Å². The molecule has 0 amide bonds. The molecule has 0 aromatic rings. The quantitative estimate of drug-likeness (QED) is 0.510. The van der Waals surface area contributed by atoms with Crippen molar-refractivity contribution >= 4 is 11.8 Å². The Morgan fingerprint density at radius 3 is 3.22 bits per heavy atom. The van der Waals surface area contributed by atoms with Crippen LogP contribution in [0.2, 0.25) is 0 Å². The van der Waals surface area contributed by atoms with E-state index in [1.54, 1.807) is 0 Å². The molecule has 0 N–H and O–H groups in total. The highest BCUT2D eigenvalue weighted by Gasteiger charge is 2.32. The second-order valence-corrected chi connectivity index (χ2v) is 4.12. The molecule has 0 aromatic carbocycles. The second-order valence-electron chi connectivity index (χ2n) is 2.85. The maximum absolute atomic E-state index is 5.41. The summed E-state index contributed by atoms with van der Waals surface area (Å²) in [6, 6.07) is 0. The molecule has 2 unspecified atom stereocenters. The lowest BCUT2D eigenvalue weighted by Gasteiger charge is -2.33. The minimum atomic E-state index is 0.868. The lowest BCUT2D eigenvalue weighted by Crippen LogP contribution is -2.32. The van der Waals surface area contributed by atoms with Gasteiger partial charge in [0.15, 0.2) is 0 Å². The lowest BCUT2D eigenvalue weighted by atomic mass is 10.0. The topological polar surface area (TPSA) is 9.23 Å². The van der Waals surface area contributed by atoms with Crippen molar-refractivity contribution in [2.45, 2.75) is 18.1 Å². The van der Waals surface area contributed by atoms with Gasteiger partial charge in [0.25, 0.3) is 0 Å². The molecule has 2 heterocycles. The van der Waals surface area contributed by atoms with Gasteiger partial charge in [0.2, 0.25) is 0 Å². The summed E-state index contributed by atoms with van der Waals surface area (Å²) in [5.41, 5.74) is 0. The molecule has 0 saturated carbocycles. The normalized spacial score (nSPS) is 42.7. The maximum Gasteiger partial charge on any atom is 0.0587 e. The predicted molar refractivity (Wildman–Crippen MR) is 39.8 cm³/mol. The van der Waals surface area contributed by atoms with Crippen molar-refractivity contribution in [3.8, 4) is 0 Å². The van der Waals surface area contributed by atoms with E-state index in [0.29, 0.717) is 0 Å². The summed E-state index contributed by atoms with van der Waals surface area (Å²) in [6.07, 6.45) is 2.71. The summed E-state index contributed by atoms with van der Waals surface area (Å²) in [5, 5.41) is 0.868. The third kappa shape index (κ3) is 1.10. The van der Waals surface area contributed by atoms with Gasteiger partial charge in [-0.2, -0.15) is 11.8 Å². The summed E-state index contributed by atoms with van der Waals surface area (Å²) in [7, 11) is 0. The molecule has 0 radical (unpaired) electrons. The molecular formula is C7H12OS.